The van der Waals surface area contributed by atoms with Crippen molar-refractivity contribution in [3.05, 3.63) is 24.3 Å². The van der Waals surface area contributed by atoms with Crippen molar-refractivity contribution in [1.82, 2.24) is 5.32 Å². The summed E-state index contributed by atoms with van der Waals surface area (Å²) in [6.07, 6.45) is 4.89. The van der Waals surface area contributed by atoms with Gasteiger partial charge in [0.25, 0.3) is 0 Å². The predicted octanol–water partition coefficient (Wildman–Crippen LogP) is 2.75. The highest BCUT2D eigenvalue weighted by atomic mass is 35.5. The minimum absolute atomic E-state index is 0. The SMILES string of the molecule is COc1ccccc1N1CCC(NC(=O)C2CCCC(N)C2)C1.Cl.Cl. The number of hydrogen-bond acceptors (Lipinski definition) is 4. The summed E-state index contributed by atoms with van der Waals surface area (Å²) in [7, 11) is 1.69. The Morgan fingerprint density at radius 2 is 2.00 bits per heavy atom. The van der Waals surface area contributed by atoms with Crippen molar-refractivity contribution < 1.29 is 9.53 Å². The molecule has 0 bridgehead atoms. The van der Waals surface area contributed by atoms with Crippen LogP contribution >= 0.6 is 24.8 Å². The first-order valence-electron chi connectivity index (χ1n) is 8.61. The van der Waals surface area contributed by atoms with E-state index >= 15 is 0 Å². The molecule has 1 saturated heterocycles. The summed E-state index contributed by atoms with van der Waals surface area (Å²) in [6, 6.07) is 8.45. The van der Waals surface area contributed by atoms with Crippen molar-refractivity contribution in [3.8, 4) is 5.75 Å². The zero-order valence-corrected chi connectivity index (χ0v) is 16.3. The topological polar surface area (TPSA) is 67.6 Å². The second kappa shape index (κ2) is 10.1. The van der Waals surface area contributed by atoms with Crippen molar-refractivity contribution in [1.29, 1.82) is 0 Å². The van der Waals surface area contributed by atoms with E-state index in [-0.39, 0.29) is 48.7 Å². The summed E-state index contributed by atoms with van der Waals surface area (Å²) in [5.74, 6) is 1.17. The quantitative estimate of drug-likeness (QED) is 0.830. The Labute approximate surface area is 162 Å². The maximum absolute atomic E-state index is 12.5. The molecular formula is C18H29Cl2N3O2. The lowest BCUT2D eigenvalue weighted by Crippen LogP contribution is -2.43. The van der Waals surface area contributed by atoms with Gasteiger partial charge in [-0.3, -0.25) is 4.79 Å². The van der Waals surface area contributed by atoms with Gasteiger partial charge >= 0.3 is 0 Å². The van der Waals surface area contributed by atoms with Crippen LogP contribution in [0.1, 0.15) is 32.1 Å². The van der Waals surface area contributed by atoms with E-state index < -0.39 is 0 Å². The molecule has 1 aromatic carbocycles. The Bertz CT molecular complexity index is 559. The monoisotopic (exact) mass is 389 g/mol. The van der Waals surface area contributed by atoms with Gasteiger partial charge in [-0.2, -0.15) is 0 Å². The van der Waals surface area contributed by atoms with E-state index in [1.807, 2.05) is 18.2 Å². The largest absolute Gasteiger partial charge is 0.495 e. The molecule has 0 radical (unpaired) electrons. The lowest BCUT2D eigenvalue weighted by Gasteiger charge is -2.27. The lowest BCUT2D eigenvalue weighted by molar-refractivity contribution is -0.126. The number of carbonyl (C=O) groups is 1. The van der Waals surface area contributed by atoms with Crippen LogP contribution in [0.4, 0.5) is 5.69 Å². The molecule has 3 atom stereocenters. The highest BCUT2D eigenvalue weighted by Crippen LogP contribution is 2.30. The molecule has 1 aliphatic heterocycles. The van der Waals surface area contributed by atoms with Crippen LogP contribution in [-0.4, -0.2) is 38.2 Å². The van der Waals surface area contributed by atoms with Gasteiger partial charge in [0.2, 0.25) is 5.91 Å². The second-order valence-corrected chi connectivity index (χ2v) is 6.74. The third kappa shape index (κ3) is 5.40. The number of methoxy groups -OCH3 is 1. The Morgan fingerprint density at radius 3 is 2.72 bits per heavy atom. The van der Waals surface area contributed by atoms with Gasteiger partial charge in [-0.05, 0) is 37.8 Å². The van der Waals surface area contributed by atoms with E-state index in [1.165, 1.54) is 0 Å². The number of hydrogen-bond donors (Lipinski definition) is 2. The average Bonchev–Trinajstić information content (AvgIpc) is 3.03. The number of amides is 1. The number of para-hydroxylation sites is 2. The number of nitrogens with zero attached hydrogens (tertiary/aromatic N) is 1. The van der Waals surface area contributed by atoms with E-state index in [0.29, 0.717) is 0 Å². The van der Waals surface area contributed by atoms with Crippen LogP contribution in [0.25, 0.3) is 0 Å². The first-order chi connectivity index (χ1) is 11.2. The Balaban J connectivity index is 0.00000156. The van der Waals surface area contributed by atoms with Crippen molar-refractivity contribution >= 4 is 36.4 Å². The molecular weight excluding hydrogens is 361 g/mol. The first kappa shape index (κ1) is 21.9. The summed E-state index contributed by atoms with van der Waals surface area (Å²) in [6.45, 7) is 1.78. The minimum Gasteiger partial charge on any atom is -0.495 e. The van der Waals surface area contributed by atoms with E-state index in [1.54, 1.807) is 7.11 Å². The lowest BCUT2D eigenvalue weighted by atomic mass is 9.85. The molecule has 5 nitrogen and oxygen atoms in total. The van der Waals surface area contributed by atoms with Crippen LogP contribution in [-0.2, 0) is 4.79 Å². The van der Waals surface area contributed by atoms with E-state index in [0.717, 1.165) is 56.6 Å². The molecule has 1 saturated carbocycles. The highest BCUT2D eigenvalue weighted by Gasteiger charge is 2.30. The first-order valence-corrected chi connectivity index (χ1v) is 8.61. The highest BCUT2D eigenvalue weighted by molar-refractivity contribution is 5.85. The zero-order valence-electron chi connectivity index (χ0n) is 14.6. The van der Waals surface area contributed by atoms with Crippen molar-refractivity contribution in [2.45, 2.75) is 44.2 Å². The fraction of sp³-hybridized carbons (Fsp3) is 0.611. The van der Waals surface area contributed by atoms with Crippen LogP contribution in [0.2, 0.25) is 0 Å². The average molecular weight is 390 g/mol. The number of ether oxygens (including phenoxy) is 1. The molecule has 1 aliphatic carbocycles. The standard InChI is InChI=1S/C18H27N3O2.2ClH/c1-23-17-8-3-2-7-16(17)21-10-9-15(12-21)20-18(22)13-5-4-6-14(19)11-13;;/h2-3,7-8,13-15H,4-6,9-12,19H2,1H3,(H,20,22);2*1H. The van der Waals surface area contributed by atoms with Crippen molar-refractivity contribution in [2.24, 2.45) is 11.7 Å². The van der Waals surface area contributed by atoms with Gasteiger partial charge in [-0.15, -0.1) is 24.8 Å². The maximum Gasteiger partial charge on any atom is 0.223 e. The number of nitrogens with one attached hydrogen (secondary N) is 1. The van der Waals surface area contributed by atoms with Crippen LogP contribution in [0.3, 0.4) is 0 Å². The van der Waals surface area contributed by atoms with Crippen LogP contribution < -0.4 is 20.7 Å². The Morgan fingerprint density at radius 1 is 1.24 bits per heavy atom. The van der Waals surface area contributed by atoms with Gasteiger partial charge in [0.15, 0.2) is 0 Å². The van der Waals surface area contributed by atoms with Gasteiger partial charge in [-0.1, -0.05) is 18.6 Å². The molecule has 2 aliphatic rings. The van der Waals surface area contributed by atoms with Gasteiger partial charge in [-0.25, -0.2) is 0 Å². The molecule has 0 spiro atoms. The van der Waals surface area contributed by atoms with Crippen LogP contribution in [0.15, 0.2) is 24.3 Å². The van der Waals surface area contributed by atoms with Gasteiger partial charge in [0.05, 0.1) is 12.8 Å². The summed E-state index contributed by atoms with van der Waals surface area (Å²) in [4.78, 5) is 14.7. The number of anilines is 1. The van der Waals surface area contributed by atoms with Gasteiger partial charge in [0, 0.05) is 31.1 Å². The van der Waals surface area contributed by atoms with Gasteiger partial charge < -0.3 is 20.7 Å². The minimum atomic E-state index is 0. The molecule has 1 amide bonds. The molecule has 3 N–H and O–H groups in total. The molecule has 1 heterocycles. The number of halogens is 2. The molecule has 142 valence electrons. The molecule has 25 heavy (non-hydrogen) atoms. The third-order valence-electron chi connectivity index (χ3n) is 5.05. The van der Waals surface area contributed by atoms with Crippen LogP contribution in [0.5, 0.6) is 5.75 Å². The summed E-state index contributed by atoms with van der Waals surface area (Å²) < 4.78 is 5.44. The zero-order chi connectivity index (χ0) is 16.2. The third-order valence-corrected chi connectivity index (χ3v) is 5.05. The molecule has 7 heteroatoms. The van der Waals surface area contributed by atoms with Gasteiger partial charge in [0.1, 0.15) is 5.75 Å². The summed E-state index contributed by atoms with van der Waals surface area (Å²) in [5, 5.41) is 3.23. The normalized spacial score (nSPS) is 25.5. The smallest absolute Gasteiger partial charge is 0.223 e. The summed E-state index contributed by atoms with van der Waals surface area (Å²) in [5.41, 5.74) is 7.10. The van der Waals surface area contributed by atoms with E-state index in [4.69, 9.17) is 10.5 Å². The number of benzene rings is 1. The van der Waals surface area contributed by atoms with Crippen molar-refractivity contribution in [2.75, 3.05) is 25.1 Å². The Kier molecular flexibility index (Phi) is 8.83. The molecule has 1 aromatic rings. The van der Waals surface area contributed by atoms with E-state index in [9.17, 15) is 4.79 Å². The number of carbonyl (C=O) groups excluding carboxylic acids is 1. The van der Waals surface area contributed by atoms with Crippen LogP contribution in [0, 0.1) is 5.92 Å². The summed E-state index contributed by atoms with van der Waals surface area (Å²) >= 11 is 0. The Hall–Kier alpha value is -1.17. The fourth-order valence-electron chi connectivity index (χ4n) is 3.77. The molecule has 3 rings (SSSR count). The molecule has 2 fully saturated rings. The fourth-order valence-corrected chi connectivity index (χ4v) is 3.77. The molecule has 0 aromatic heterocycles. The predicted molar refractivity (Wildman–Crippen MR) is 106 cm³/mol. The number of nitrogens with two attached hydrogens (primary N) is 1. The maximum atomic E-state index is 12.5. The second-order valence-electron chi connectivity index (χ2n) is 6.74. The van der Waals surface area contributed by atoms with Crippen molar-refractivity contribution in [3.63, 3.8) is 0 Å². The number of rotatable bonds is 4. The van der Waals surface area contributed by atoms with E-state index in [2.05, 4.69) is 16.3 Å². The molecule has 3 unspecified atom stereocenters.